The normalized spacial score (nSPS) is 10.8. The first-order chi connectivity index (χ1) is 10.1. The molecule has 0 N–H and O–H groups in total. The summed E-state index contributed by atoms with van der Waals surface area (Å²) in [5.41, 5.74) is 1.38. The van der Waals surface area contributed by atoms with Crippen LogP contribution in [0.5, 0.6) is 0 Å². The second kappa shape index (κ2) is 5.36. The standard InChI is InChI=1S/C16H14FN3O/c1-12-18-19(11-13-5-3-2-4-6-13)16(21)20(12)15-9-7-14(17)8-10-15/h2-10H,11H2,1H3. The molecule has 3 aromatic rings. The van der Waals surface area contributed by atoms with Gasteiger partial charge in [-0.25, -0.2) is 18.4 Å². The van der Waals surface area contributed by atoms with E-state index in [9.17, 15) is 9.18 Å². The highest BCUT2D eigenvalue weighted by molar-refractivity contribution is 5.32. The van der Waals surface area contributed by atoms with Crippen LogP contribution in [0.15, 0.2) is 59.4 Å². The zero-order valence-electron chi connectivity index (χ0n) is 11.5. The quantitative estimate of drug-likeness (QED) is 0.741. The summed E-state index contributed by atoms with van der Waals surface area (Å²) >= 11 is 0. The van der Waals surface area contributed by atoms with E-state index in [1.807, 2.05) is 30.3 Å². The highest BCUT2D eigenvalue weighted by atomic mass is 19.1. The van der Waals surface area contributed by atoms with Crippen molar-refractivity contribution in [2.45, 2.75) is 13.5 Å². The van der Waals surface area contributed by atoms with Gasteiger partial charge in [0.05, 0.1) is 12.2 Å². The molecule has 106 valence electrons. The first-order valence-corrected chi connectivity index (χ1v) is 6.61. The van der Waals surface area contributed by atoms with Crippen LogP contribution in [-0.4, -0.2) is 14.3 Å². The molecule has 0 saturated carbocycles. The van der Waals surface area contributed by atoms with Crippen LogP contribution in [0.25, 0.3) is 5.69 Å². The number of aromatic nitrogens is 3. The molecule has 1 aromatic heterocycles. The molecule has 0 unspecified atom stereocenters. The van der Waals surface area contributed by atoms with Crippen LogP contribution in [0.4, 0.5) is 4.39 Å². The molecule has 0 aliphatic carbocycles. The Morgan fingerprint density at radius 3 is 2.38 bits per heavy atom. The largest absolute Gasteiger partial charge is 0.350 e. The maximum Gasteiger partial charge on any atom is 0.350 e. The van der Waals surface area contributed by atoms with Crippen molar-refractivity contribution in [1.29, 1.82) is 0 Å². The number of benzene rings is 2. The molecule has 0 fully saturated rings. The molecule has 0 aliphatic heterocycles. The molecule has 3 rings (SSSR count). The fourth-order valence-electron chi connectivity index (χ4n) is 2.26. The fourth-order valence-corrected chi connectivity index (χ4v) is 2.26. The molecule has 4 nitrogen and oxygen atoms in total. The second-order valence-electron chi connectivity index (χ2n) is 4.78. The summed E-state index contributed by atoms with van der Waals surface area (Å²) in [6.45, 7) is 2.17. The molecule has 5 heteroatoms. The van der Waals surface area contributed by atoms with Crippen molar-refractivity contribution in [1.82, 2.24) is 14.3 Å². The number of halogens is 1. The Bertz CT molecular complexity index is 804. The lowest BCUT2D eigenvalue weighted by Gasteiger charge is -2.02. The SMILES string of the molecule is Cc1nn(Cc2ccccc2)c(=O)n1-c1ccc(F)cc1. The lowest BCUT2D eigenvalue weighted by molar-refractivity contribution is 0.627. The van der Waals surface area contributed by atoms with Gasteiger partial charge in [-0.05, 0) is 36.8 Å². The Morgan fingerprint density at radius 1 is 1.05 bits per heavy atom. The summed E-state index contributed by atoms with van der Waals surface area (Å²) in [4.78, 5) is 12.4. The van der Waals surface area contributed by atoms with E-state index in [0.717, 1.165) is 5.56 Å². The van der Waals surface area contributed by atoms with Gasteiger partial charge >= 0.3 is 5.69 Å². The summed E-state index contributed by atoms with van der Waals surface area (Å²) in [6, 6.07) is 15.4. The van der Waals surface area contributed by atoms with Crippen molar-refractivity contribution in [2.75, 3.05) is 0 Å². The fraction of sp³-hybridized carbons (Fsp3) is 0.125. The Labute approximate surface area is 121 Å². The van der Waals surface area contributed by atoms with Gasteiger partial charge in [0.2, 0.25) is 0 Å². The van der Waals surface area contributed by atoms with E-state index in [1.54, 1.807) is 19.1 Å². The van der Waals surface area contributed by atoms with Crippen molar-refractivity contribution in [3.8, 4) is 5.69 Å². The Morgan fingerprint density at radius 2 is 1.71 bits per heavy atom. The molecular weight excluding hydrogens is 269 g/mol. The van der Waals surface area contributed by atoms with Gasteiger partial charge < -0.3 is 0 Å². The van der Waals surface area contributed by atoms with Crippen LogP contribution in [0.1, 0.15) is 11.4 Å². The number of hydrogen-bond acceptors (Lipinski definition) is 2. The lowest BCUT2D eigenvalue weighted by atomic mass is 10.2. The van der Waals surface area contributed by atoms with Crippen LogP contribution in [0, 0.1) is 12.7 Å². The van der Waals surface area contributed by atoms with Crippen LogP contribution in [-0.2, 0) is 6.54 Å². The van der Waals surface area contributed by atoms with Crippen molar-refractivity contribution in [3.05, 3.63) is 82.3 Å². The Hall–Kier alpha value is -2.69. The molecular formula is C16H14FN3O. The van der Waals surface area contributed by atoms with Gasteiger partial charge in [0, 0.05) is 0 Å². The van der Waals surface area contributed by atoms with Crippen molar-refractivity contribution < 1.29 is 4.39 Å². The highest BCUT2D eigenvalue weighted by Gasteiger charge is 2.11. The number of rotatable bonds is 3. The average Bonchev–Trinajstić information content (AvgIpc) is 2.76. The van der Waals surface area contributed by atoms with Crippen LogP contribution >= 0.6 is 0 Å². The minimum absolute atomic E-state index is 0.233. The maximum absolute atomic E-state index is 13.0. The highest BCUT2D eigenvalue weighted by Crippen LogP contribution is 2.09. The Balaban J connectivity index is 2.01. The summed E-state index contributed by atoms with van der Waals surface area (Å²) in [5, 5.41) is 4.28. The molecule has 1 heterocycles. The van der Waals surface area contributed by atoms with Crippen LogP contribution in [0.3, 0.4) is 0 Å². The Kier molecular flexibility index (Phi) is 3.39. The summed E-state index contributed by atoms with van der Waals surface area (Å²) in [7, 11) is 0. The van der Waals surface area contributed by atoms with Gasteiger partial charge in [-0.15, -0.1) is 0 Å². The lowest BCUT2D eigenvalue weighted by Crippen LogP contribution is -2.24. The molecule has 0 amide bonds. The zero-order valence-corrected chi connectivity index (χ0v) is 11.5. The molecule has 0 spiro atoms. The van der Waals surface area contributed by atoms with Crippen molar-refractivity contribution in [3.63, 3.8) is 0 Å². The number of aryl methyl sites for hydroxylation is 1. The van der Waals surface area contributed by atoms with E-state index in [1.165, 1.54) is 21.4 Å². The van der Waals surface area contributed by atoms with Gasteiger partial charge in [-0.3, -0.25) is 0 Å². The maximum atomic E-state index is 13.0. The van der Waals surface area contributed by atoms with Crippen LogP contribution in [0.2, 0.25) is 0 Å². The molecule has 0 saturated heterocycles. The van der Waals surface area contributed by atoms with Crippen molar-refractivity contribution >= 4 is 0 Å². The van der Waals surface area contributed by atoms with Gasteiger partial charge in [0.1, 0.15) is 11.6 Å². The van der Waals surface area contributed by atoms with E-state index in [2.05, 4.69) is 5.10 Å². The first-order valence-electron chi connectivity index (χ1n) is 6.61. The minimum Gasteiger partial charge on any atom is -0.247 e. The minimum atomic E-state index is -0.332. The van der Waals surface area contributed by atoms with Gasteiger partial charge in [-0.2, -0.15) is 5.10 Å². The van der Waals surface area contributed by atoms with Gasteiger partial charge in [0.15, 0.2) is 0 Å². The third kappa shape index (κ3) is 2.63. The smallest absolute Gasteiger partial charge is 0.247 e. The third-order valence-corrected chi connectivity index (χ3v) is 3.26. The number of hydrogen-bond donors (Lipinski definition) is 0. The van der Waals surface area contributed by atoms with E-state index in [0.29, 0.717) is 18.1 Å². The van der Waals surface area contributed by atoms with Gasteiger partial charge in [0.25, 0.3) is 0 Å². The number of nitrogens with zero attached hydrogens (tertiary/aromatic N) is 3. The van der Waals surface area contributed by atoms with Crippen LogP contribution < -0.4 is 5.69 Å². The van der Waals surface area contributed by atoms with E-state index in [4.69, 9.17) is 0 Å². The second-order valence-corrected chi connectivity index (χ2v) is 4.78. The van der Waals surface area contributed by atoms with E-state index < -0.39 is 0 Å². The van der Waals surface area contributed by atoms with Crippen molar-refractivity contribution in [2.24, 2.45) is 0 Å². The molecule has 0 bridgehead atoms. The predicted molar refractivity (Wildman–Crippen MR) is 78.1 cm³/mol. The molecule has 0 radical (unpaired) electrons. The summed E-state index contributed by atoms with van der Waals surface area (Å²) in [5.74, 6) is 0.240. The van der Waals surface area contributed by atoms with E-state index in [-0.39, 0.29) is 11.5 Å². The molecule has 0 atom stereocenters. The monoisotopic (exact) mass is 283 g/mol. The van der Waals surface area contributed by atoms with Gasteiger partial charge in [-0.1, -0.05) is 30.3 Å². The first kappa shape index (κ1) is 13.3. The molecule has 0 aliphatic rings. The third-order valence-electron chi connectivity index (χ3n) is 3.26. The van der Waals surface area contributed by atoms with E-state index >= 15 is 0 Å². The molecule has 21 heavy (non-hydrogen) atoms. The summed E-state index contributed by atoms with van der Waals surface area (Å²) in [6.07, 6.45) is 0. The topological polar surface area (TPSA) is 39.8 Å². The summed E-state index contributed by atoms with van der Waals surface area (Å²) < 4.78 is 15.9. The predicted octanol–water partition coefficient (Wildman–Crippen LogP) is 2.53. The zero-order chi connectivity index (χ0) is 14.8. The molecule has 2 aromatic carbocycles. The average molecular weight is 283 g/mol.